The van der Waals surface area contributed by atoms with E-state index < -0.39 is 10.0 Å². The van der Waals surface area contributed by atoms with Crippen molar-refractivity contribution in [1.82, 2.24) is 9.62 Å². The molecule has 0 bridgehead atoms. The first-order valence-electron chi connectivity index (χ1n) is 7.22. The standard InChI is InChI=1S/C14H26N2O2S2/c1-5-12(6-2)11-16(7-3)20(17,18)14-9-8-13(19-14)10-15-4/h8-9,12,15H,5-7,10-11H2,1-4H3. The maximum atomic E-state index is 12.7. The van der Waals surface area contributed by atoms with Crippen molar-refractivity contribution in [3.8, 4) is 0 Å². The van der Waals surface area contributed by atoms with Crippen LogP contribution in [0, 0.1) is 5.92 Å². The minimum Gasteiger partial charge on any atom is -0.315 e. The van der Waals surface area contributed by atoms with Gasteiger partial charge in [0.2, 0.25) is 0 Å². The molecular formula is C14H26N2O2S2. The third kappa shape index (κ3) is 4.28. The fraction of sp³-hybridized carbons (Fsp3) is 0.714. The Kier molecular flexibility index (Phi) is 7.15. The normalized spacial score (nSPS) is 12.5. The largest absolute Gasteiger partial charge is 0.315 e. The van der Waals surface area contributed by atoms with Crippen LogP contribution in [-0.4, -0.2) is 32.9 Å². The molecule has 1 rings (SSSR count). The van der Waals surface area contributed by atoms with Crippen molar-refractivity contribution < 1.29 is 8.42 Å². The van der Waals surface area contributed by atoms with Gasteiger partial charge in [0.25, 0.3) is 10.0 Å². The molecule has 0 aliphatic heterocycles. The Labute approximate surface area is 127 Å². The molecule has 0 saturated heterocycles. The van der Waals surface area contributed by atoms with E-state index in [0.29, 0.717) is 29.8 Å². The van der Waals surface area contributed by atoms with Gasteiger partial charge in [0.1, 0.15) is 4.21 Å². The minimum atomic E-state index is -3.34. The summed E-state index contributed by atoms with van der Waals surface area (Å²) in [6, 6.07) is 3.61. The topological polar surface area (TPSA) is 49.4 Å². The Morgan fingerprint density at radius 2 is 1.90 bits per heavy atom. The lowest BCUT2D eigenvalue weighted by Crippen LogP contribution is -2.34. The number of nitrogens with one attached hydrogen (secondary N) is 1. The number of sulfonamides is 1. The zero-order valence-electron chi connectivity index (χ0n) is 12.8. The monoisotopic (exact) mass is 318 g/mol. The second-order valence-corrected chi connectivity index (χ2v) is 8.22. The average Bonchev–Trinajstić information content (AvgIpc) is 2.90. The van der Waals surface area contributed by atoms with Gasteiger partial charge in [-0.2, -0.15) is 4.31 Å². The van der Waals surface area contributed by atoms with Gasteiger partial charge in [-0.25, -0.2) is 8.42 Å². The zero-order valence-corrected chi connectivity index (χ0v) is 14.5. The molecule has 0 saturated carbocycles. The van der Waals surface area contributed by atoms with E-state index in [0.717, 1.165) is 17.7 Å². The van der Waals surface area contributed by atoms with Crippen LogP contribution in [0.15, 0.2) is 16.3 Å². The van der Waals surface area contributed by atoms with Gasteiger partial charge in [-0.15, -0.1) is 11.3 Å². The van der Waals surface area contributed by atoms with Crippen LogP contribution in [0.1, 0.15) is 38.5 Å². The molecule has 0 spiro atoms. The average molecular weight is 319 g/mol. The summed E-state index contributed by atoms with van der Waals surface area (Å²) < 4.78 is 27.4. The van der Waals surface area contributed by atoms with Crippen molar-refractivity contribution in [2.45, 2.75) is 44.4 Å². The molecule has 0 aliphatic rings. The Bertz CT molecular complexity index is 493. The van der Waals surface area contributed by atoms with Gasteiger partial charge in [0.15, 0.2) is 0 Å². The van der Waals surface area contributed by atoms with Gasteiger partial charge in [0.05, 0.1) is 0 Å². The van der Waals surface area contributed by atoms with Gasteiger partial charge in [-0.1, -0.05) is 33.6 Å². The summed E-state index contributed by atoms with van der Waals surface area (Å²) in [5.41, 5.74) is 0. The smallest absolute Gasteiger partial charge is 0.252 e. The molecule has 0 amide bonds. The van der Waals surface area contributed by atoms with Crippen molar-refractivity contribution in [2.24, 2.45) is 5.92 Å². The van der Waals surface area contributed by atoms with Crippen molar-refractivity contribution >= 4 is 21.4 Å². The number of hydrogen-bond acceptors (Lipinski definition) is 4. The van der Waals surface area contributed by atoms with Gasteiger partial charge < -0.3 is 5.32 Å². The molecule has 0 atom stereocenters. The molecule has 1 heterocycles. The predicted molar refractivity (Wildman–Crippen MR) is 85.6 cm³/mol. The highest BCUT2D eigenvalue weighted by molar-refractivity contribution is 7.91. The minimum absolute atomic E-state index is 0.432. The molecule has 0 unspecified atom stereocenters. The van der Waals surface area contributed by atoms with Crippen LogP contribution >= 0.6 is 11.3 Å². The first-order chi connectivity index (χ1) is 9.49. The van der Waals surface area contributed by atoms with Gasteiger partial charge in [-0.05, 0) is 25.1 Å². The Morgan fingerprint density at radius 1 is 1.25 bits per heavy atom. The highest BCUT2D eigenvalue weighted by Gasteiger charge is 2.26. The van der Waals surface area contributed by atoms with Crippen LogP contribution in [0.5, 0.6) is 0 Å². The van der Waals surface area contributed by atoms with Crippen LogP contribution in [-0.2, 0) is 16.6 Å². The van der Waals surface area contributed by atoms with Gasteiger partial charge in [-0.3, -0.25) is 0 Å². The molecule has 1 aromatic heterocycles. The molecule has 0 aliphatic carbocycles. The van der Waals surface area contributed by atoms with Gasteiger partial charge in [0, 0.05) is 24.5 Å². The maximum Gasteiger partial charge on any atom is 0.252 e. The lowest BCUT2D eigenvalue weighted by molar-refractivity contribution is 0.340. The molecule has 0 fully saturated rings. The zero-order chi connectivity index (χ0) is 15.2. The molecule has 0 aromatic carbocycles. The van der Waals surface area contributed by atoms with E-state index in [1.807, 2.05) is 20.0 Å². The Hall–Kier alpha value is -0.430. The van der Waals surface area contributed by atoms with Crippen LogP contribution < -0.4 is 5.32 Å². The lowest BCUT2D eigenvalue weighted by Gasteiger charge is -2.24. The van der Waals surface area contributed by atoms with E-state index in [1.165, 1.54) is 11.3 Å². The summed E-state index contributed by atoms with van der Waals surface area (Å²) in [6.07, 6.45) is 2.02. The molecule has 20 heavy (non-hydrogen) atoms. The van der Waals surface area contributed by atoms with E-state index in [1.54, 1.807) is 10.4 Å². The summed E-state index contributed by atoms with van der Waals surface area (Å²) in [6.45, 7) is 7.99. The molecule has 4 nitrogen and oxygen atoms in total. The number of thiophene rings is 1. The summed E-state index contributed by atoms with van der Waals surface area (Å²) in [5, 5.41) is 3.04. The maximum absolute atomic E-state index is 12.7. The summed E-state index contributed by atoms with van der Waals surface area (Å²) >= 11 is 1.36. The molecular weight excluding hydrogens is 292 g/mol. The third-order valence-electron chi connectivity index (χ3n) is 3.55. The van der Waals surface area contributed by atoms with E-state index in [-0.39, 0.29) is 0 Å². The van der Waals surface area contributed by atoms with E-state index >= 15 is 0 Å². The first-order valence-corrected chi connectivity index (χ1v) is 9.48. The quantitative estimate of drug-likeness (QED) is 0.761. The fourth-order valence-corrected chi connectivity index (χ4v) is 5.17. The molecule has 116 valence electrons. The Balaban J connectivity index is 2.92. The van der Waals surface area contributed by atoms with Crippen molar-refractivity contribution in [1.29, 1.82) is 0 Å². The first kappa shape index (κ1) is 17.6. The van der Waals surface area contributed by atoms with Crippen molar-refractivity contribution in [2.75, 3.05) is 20.1 Å². The predicted octanol–water partition coefficient (Wildman–Crippen LogP) is 2.91. The van der Waals surface area contributed by atoms with Crippen LogP contribution in [0.2, 0.25) is 0 Å². The van der Waals surface area contributed by atoms with E-state index in [9.17, 15) is 8.42 Å². The van der Waals surface area contributed by atoms with Crippen molar-refractivity contribution in [3.05, 3.63) is 17.0 Å². The molecule has 6 heteroatoms. The van der Waals surface area contributed by atoms with E-state index in [2.05, 4.69) is 19.2 Å². The van der Waals surface area contributed by atoms with Crippen LogP contribution in [0.4, 0.5) is 0 Å². The van der Waals surface area contributed by atoms with Crippen molar-refractivity contribution in [3.63, 3.8) is 0 Å². The van der Waals surface area contributed by atoms with Crippen LogP contribution in [0.25, 0.3) is 0 Å². The highest BCUT2D eigenvalue weighted by atomic mass is 32.2. The molecule has 1 aromatic rings. The third-order valence-corrected chi connectivity index (χ3v) is 7.04. The fourth-order valence-electron chi connectivity index (χ4n) is 2.13. The van der Waals surface area contributed by atoms with E-state index in [4.69, 9.17) is 0 Å². The summed E-state index contributed by atoms with van der Waals surface area (Å²) in [5.74, 6) is 0.432. The number of nitrogens with zero attached hydrogens (tertiary/aromatic N) is 1. The summed E-state index contributed by atoms with van der Waals surface area (Å²) in [4.78, 5) is 1.05. The highest BCUT2D eigenvalue weighted by Crippen LogP contribution is 2.26. The van der Waals surface area contributed by atoms with Gasteiger partial charge >= 0.3 is 0 Å². The van der Waals surface area contributed by atoms with Crippen LogP contribution in [0.3, 0.4) is 0 Å². The lowest BCUT2D eigenvalue weighted by atomic mass is 10.0. The summed E-state index contributed by atoms with van der Waals surface area (Å²) in [7, 11) is -1.48. The number of rotatable bonds is 9. The SMILES string of the molecule is CCC(CC)CN(CC)S(=O)(=O)c1ccc(CNC)s1. The Morgan fingerprint density at radius 3 is 2.40 bits per heavy atom. The molecule has 0 radical (unpaired) electrons. The molecule has 1 N–H and O–H groups in total. The second kappa shape index (κ2) is 8.12. The second-order valence-electron chi connectivity index (χ2n) is 4.89. The number of hydrogen-bond donors (Lipinski definition) is 1.